The summed E-state index contributed by atoms with van der Waals surface area (Å²) < 4.78 is 32.0. The van der Waals surface area contributed by atoms with Crippen LogP contribution < -0.4 is 5.32 Å². The molecule has 1 N–H and O–H groups in total. The minimum atomic E-state index is -3.39. The number of esters is 1. The topological polar surface area (TPSA) is 91.3 Å². The molecule has 0 spiro atoms. The van der Waals surface area contributed by atoms with Crippen LogP contribution in [0.1, 0.15) is 38.2 Å². The zero-order valence-electron chi connectivity index (χ0n) is 18.2. The second-order valence-electron chi connectivity index (χ2n) is 7.69. The molecule has 31 heavy (non-hydrogen) atoms. The number of sulfonamides is 1. The Labute approximate surface area is 202 Å². The zero-order valence-corrected chi connectivity index (χ0v) is 21.4. The summed E-state index contributed by atoms with van der Waals surface area (Å²) in [6.45, 7) is 5.37. The highest BCUT2D eigenvalue weighted by atomic mass is 127. The van der Waals surface area contributed by atoms with Crippen molar-refractivity contribution in [1.82, 2.24) is 14.5 Å². The SMILES string of the molecule is CCOC(=O)C1CCCN(C(=NC)NCc2ccc(S(=O)(=O)N3CCCC3)cc2)C1.I. The summed E-state index contributed by atoms with van der Waals surface area (Å²) in [5, 5.41) is 3.32. The van der Waals surface area contributed by atoms with Gasteiger partial charge in [-0.3, -0.25) is 9.79 Å². The third-order valence-electron chi connectivity index (χ3n) is 5.63. The van der Waals surface area contributed by atoms with Gasteiger partial charge in [-0.05, 0) is 50.3 Å². The number of aliphatic imine (C=N–C) groups is 1. The van der Waals surface area contributed by atoms with E-state index in [1.54, 1.807) is 23.5 Å². The van der Waals surface area contributed by atoms with Gasteiger partial charge in [0.25, 0.3) is 0 Å². The molecule has 0 aromatic heterocycles. The number of rotatable bonds is 6. The molecule has 1 atom stereocenters. The largest absolute Gasteiger partial charge is 0.466 e. The fourth-order valence-corrected chi connectivity index (χ4v) is 5.51. The van der Waals surface area contributed by atoms with Gasteiger partial charge in [0.2, 0.25) is 10.0 Å². The first kappa shape index (κ1) is 25.9. The van der Waals surface area contributed by atoms with Gasteiger partial charge in [-0.2, -0.15) is 4.31 Å². The Morgan fingerprint density at radius 2 is 1.84 bits per heavy atom. The molecule has 2 aliphatic rings. The van der Waals surface area contributed by atoms with E-state index in [1.165, 1.54) is 0 Å². The van der Waals surface area contributed by atoms with Gasteiger partial charge in [0.15, 0.2) is 5.96 Å². The second-order valence-corrected chi connectivity index (χ2v) is 9.63. The molecule has 2 heterocycles. The molecule has 8 nitrogen and oxygen atoms in total. The molecule has 2 aliphatic heterocycles. The monoisotopic (exact) mass is 564 g/mol. The van der Waals surface area contributed by atoms with Crippen molar-refractivity contribution >= 4 is 45.9 Å². The second kappa shape index (κ2) is 12.0. The highest BCUT2D eigenvalue weighted by molar-refractivity contribution is 14.0. The summed E-state index contributed by atoms with van der Waals surface area (Å²) in [6, 6.07) is 7.01. The van der Waals surface area contributed by atoms with E-state index in [1.807, 2.05) is 19.1 Å². The molecule has 3 rings (SSSR count). The molecule has 10 heteroatoms. The van der Waals surface area contributed by atoms with Gasteiger partial charge in [-0.25, -0.2) is 8.42 Å². The van der Waals surface area contributed by atoms with Crippen LogP contribution in [0.4, 0.5) is 0 Å². The summed E-state index contributed by atoms with van der Waals surface area (Å²) in [5.74, 6) is 0.456. The van der Waals surface area contributed by atoms with E-state index in [-0.39, 0.29) is 35.9 Å². The van der Waals surface area contributed by atoms with Gasteiger partial charge in [-0.15, -0.1) is 24.0 Å². The quantitative estimate of drug-likeness (QED) is 0.247. The summed E-state index contributed by atoms with van der Waals surface area (Å²) in [5.41, 5.74) is 0.968. The van der Waals surface area contributed by atoms with E-state index in [4.69, 9.17) is 4.74 Å². The Morgan fingerprint density at radius 1 is 1.16 bits per heavy atom. The number of benzene rings is 1. The van der Waals surface area contributed by atoms with Crippen LogP contribution >= 0.6 is 24.0 Å². The smallest absolute Gasteiger partial charge is 0.310 e. The van der Waals surface area contributed by atoms with Crippen LogP contribution in [-0.2, 0) is 26.1 Å². The van der Waals surface area contributed by atoms with Gasteiger partial charge in [-0.1, -0.05) is 12.1 Å². The van der Waals surface area contributed by atoms with E-state index in [9.17, 15) is 13.2 Å². The molecule has 1 aromatic rings. The van der Waals surface area contributed by atoms with Crippen LogP contribution in [0.15, 0.2) is 34.2 Å². The van der Waals surface area contributed by atoms with Crippen LogP contribution in [0.25, 0.3) is 0 Å². The normalized spacial score (nSPS) is 20.3. The van der Waals surface area contributed by atoms with Crippen molar-refractivity contribution in [1.29, 1.82) is 0 Å². The fraction of sp³-hybridized carbons (Fsp3) is 0.619. The van der Waals surface area contributed by atoms with Crippen molar-refractivity contribution in [3.63, 3.8) is 0 Å². The highest BCUT2D eigenvalue weighted by Gasteiger charge is 2.29. The first-order valence-electron chi connectivity index (χ1n) is 10.7. The molecule has 0 aliphatic carbocycles. The Morgan fingerprint density at radius 3 is 2.45 bits per heavy atom. The summed E-state index contributed by atoms with van der Waals surface area (Å²) in [4.78, 5) is 18.9. The number of hydrogen-bond donors (Lipinski definition) is 1. The first-order chi connectivity index (χ1) is 14.5. The molecule has 1 unspecified atom stereocenters. The van der Waals surface area contributed by atoms with Crippen molar-refractivity contribution in [2.45, 2.75) is 44.0 Å². The van der Waals surface area contributed by atoms with Gasteiger partial charge in [0.1, 0.15) is 0 Å². The Kier molecular flexibility index (Phi) is 10.0. The van der Waals surface area contributed by atoms with E-state index in [0.717, 1.165) is 43.8 Å². The summed E-state index contributed by atoms with van der Waals surface area (Å²) in [7, 11) is -1.67. The number of carbonyl (C=O) groups is 1. The van der Waals surface area contributed by atoms with Crippen molar-refractivity contribution in [3.05, 3.63) is 29.8 Å². The van der Waals surface area contributed by atoms with Gasteiger partial charge >= 0.3 is 5.97 Å². The van der Waals surface area contributed by atoms with Crippen LogP contribution in [0.3, 0.4) is 0 Å². The lowest BCUT2D eigenvalue weighted by Crippen LogP contribution is -2.48. The maximum atomic E-state index is 12.6. The molecule has 0 amide bonds. The van der Waals surface area contributed by atoms with E-state index in [2.05, 4.69) is 15.2 Å². The number of likely N-dealkylation sites (tertiary alicyclic amines) is 1. The summed E-state index contributed by atoms with van der Waals surface area (Å²) >= 11 is 0. The first-order valence-corrected chi connectivity index (χ1v) is 12.1. The molecule has 0 radical (unpaired) electrons. The number of nitrogens with one attached hydrogen (secondary N) is 1. The predicted molar refractivity (Wildman–Crippen MR) is 131 cm³/mol. The average molecular weight is 564 g/mol. The fourth-order valence-electron chi connectivity index (χ4n) is 3.99. The van der Waals surface area contributed by atoms with Crippen LogP contribution in [0, 0.1) is 5.92 Å². The van der Waals surface area contributed by atoms with E-state index >= 15 is 0 Å². The average Bonchev–Trinajstić information content (AvgIpc) is 3.31. The lowest BCUT2D eigenvalue weighted by Gasteiger charge is -2.34. The van der Waals surface area contributed by atoms with Crippen molar-refractivity contribution in [3.8, 4) is 0 Å². The van der Waals surface area contributed by atoms with Gasteiger partial charge in [0, 0.05) is 39.8 Å². The highest BCUT2D eigenvalue weighted by Crippen LogP contribution is 2.21. The minimum absolute atomic E-state index is 0. The molecule has 1 aromatic carbocycles. The lowest BCUT2D eigenvalue weighted by molar-refractivity contribution is -0.149. The van der Waals surface area contributed by atoms with Gasteiger partial charge < -0.3 is 15.0 Å². The molecule has 0 bridgehead atoms. The number of hydrogen-bond acceptors (Lipinski definition) is 5. The Balaban J connectivity index is 0.00000341. The minimum Gasteiger partial charge on any atom is -0.466 e. The lowest BCUT2D eigenvalue weighted by atomic mass is 9.98. The Hall–Kier alpha value is -1.40. The van der Waals surface area contributed by atoms with Crippen LogP contribution in [0.5, 0.6) is 0 Å². The van der Waals surface area contributed by atoms with Gasteiger partial charge in [0.05, 0.1) is 17.4 Å². The van der Waals surface area contributed by atoms with Crippen molar-refractivity contribution < 1.29 is 17.9 Å². The number of ether oxygens (including phenoxy) is 1. The van der Waals surface area contributed by atoms with Crippen molar-refractivity contribution in [2.24, 2.45) is 10.9 Å². The molecular formula is C21H33IN4O4S. The van der Waals surface area contributed by atoms with Crippen LogP contribution in [0.2, 0.25) is 0 Å². The van der Waals surface area contributed by atoms with Crippen LogP contribution in [-0.4, -0.2) is 69.4 Å². The number of nitrogens with zero attached hydrogens (tertiary/aromatic N) is 3. The third-order valence-corrected chi connectivity index (χ3v) is 7.54. The molecule has 0 saturated carbocycles. The number of halogens is 1. The number of guanidine groups is 1. The maximum absolute atomic E-state index is 12.6. The molecule has 2 saturated heterocycles. The number of piperidine rings is 1. The molecular weight excluding hydrogens is 531 g/mol. The molecule has 174 valence electrons. The Bertz CT molecular complexity index is 855. The van der Waals surface area contributed by atoms with Crippen molar-refractivity contribution in [2.75, 3.05) is 39.8 Å². The number of carbonyl (C=O) groups excluding carboxylic acids is 1. The van der Waals surface area contributed by atoms with E-state index < -0.39 is 10.0 Å². The summed E-state index contributed by atoms with van der Waals surface area (Å²) in [6.07, 6.45) is 3.59. The van der Waals surface area contributed by atoms with E-state index in [0.29, 0.717) is 37.7 Å². The third kappa shape index (κ3) is 6.55. The standard InChI is InChI=1S/C21H32N4O4S.HI/c1-3-29-20(26)18-7-6-12-24(16-18)21(22-2)23-15-17-8-10-19(11-9-17)30(27,28)25-13-4-5-14-25;/h8-11,18H,3-7,12-16H2,1-2H3,(H,22,23);1H. The molecule has 2 fully saturated rings. The zero-order chi connectivity index (χ0) is 21.6. The predicted octanol–water partition coefficient (Wildman–Crippen LogP) is 2.44. The maximum Gasteiger partial charge on any atom is 0.310 e.